The highest BCUT2D eigenvalue weighted by molar-refractivity contribution is 5.83. The topological polar surface area (TPSA) is 66.9 Å². The van der Waals surface area contributed by atoms with Gasteiger partial charge in [-0.15, -0.1) is 0 Å². The van der Waals surface area contributed by atoms with Gasteiger partial charge in [0.25, 0.3) is 0 Å². The molecule has 0 fully saturated rings. The summed E-state index contributed by atoms with van der Waals surface area (Å²) >= 11 is 0. The maximum Gasteiger partial charge on any atom is 0.140 e. The van der Waals surface area contributed by atoms with Crippen molar-refractivity contribution in [3.63, 3.8) is 0 Å². The van der Waals surface area contributed by atoms with Crippen LogP contribution in [0.5, 0.6) is 5.75 Å². The lowest BCUT2D eigenvalue weighted by Gasteiger charge is -2.24. The standard InChI is InChI=1S/C27H25N5O/c1-17-5-3-4-6-23-26(17)27(29-16-28-23)32-11-12-33-25-10-8-19(13-21(25)15-32)20-7-9-22-24(14-20)31-18(2)30-22/h4-10,13-14,16H,3,11-12,15H2,1-2H3,(H,30,31). The quantitative estimate of drug-likeness (QED) is 0.447. The Morgan fingerprint density at radius 3 is 2.85 bits per heavy atom. The zero-order valence-electron chi connectivity index (χ0n) is 18.8. The largest absolute Gasteiger partial charge is 0.491 e. The van der Waals surface area contributed by atoms with Gasteiger partial charge in [-0.1, -0.05) is 24.3 Å². The Balaban J connectivity index is 1.39. The number of aromatic amines is 1. The van der Waals surface area contributed by atoms with E-state index < -0.39 is 0 Å². The molecule has 0 atom stereocenters. The Hall–Kier alpha value is -3.93. The third-order valence-electron chi connectivity index (χ3n) is 6.36. The number of fused-ring (bicyclic) bond motifs is 3. The minimum absolute atomic E-state index is 0.614. The van der Waals surface area contributed by atoms with Crippen LogP contribution in [0.1, 0.15) is 36.0 Å². The van der Waals surface area contributed by atoms with E-state index in [1.807, 2.05) is 6.92 Å². The molecule has 0 spiro atoms. The summed E-state index contributed by atoms with van der Waals surface area (Å²) in [6, 6.07) is 12.8. The predicted molar refractivity (Wildman–Crippen MR) is 132 cm³/mol. The fourth-order valence-corrected chi connectivity index (χ4v) is 4.73. The highest BCUT2D eigenvalue weighted by Gasteiger charge is 2.22. The molecule has 0 radical (unpaired) electrons. The first-order valence-electron chi connectivity index (χ1n) is 11.3. The molecule has 0 saturated heterocycles. The van der Waals surface area contributed by atoms with E-state index in [1.54, 1.807) is 6.33 Å². The summed E-state index contributed by atoms with van der Waals surface area (Å²) in [5.74, 6) is 2.83. The van der Waals surface area contributed by atoms with Crippen molar-refractivity contribution < 1.29 is 4.74 Å². The van der Waals surface area contributed by atoms with Gasteiger partial charge >= 0.3 is 0 Å². The number of rotatable bonds is 2. The normalized spacial score (nSPS) is 15.3. The van der Waals surface area contributed by atoms with Gasteiger partial charge in [0.2, 0.25) is 0 Å². The van der Waals surface area contributed by atoms with E-state index in [9.17, 15) is 0 Å². The number of ether oxygens (including phenoxy) is 1. The average Bonchev–Trinajstić information content (AvgIpc) is 2.96. The van der Waals surface area contributed by atoms with Gasteiger partial charge in [0.05, 0.1) is 23.3 Å². The second-order valence-electron chi connectivity index (χ2n) is 8.63. The van der Waals surface area contributed by atoms with Gasteiger partial charge in [0, 0.05) is 17.7 Å². The second kappa shape index (κ2) is 7.89. The number of H-pyrrole nitrogens is 1. The number of aromatic nitrogens is 4. The van der Waals surface area contributed by atoms with Crippen LogP contribution in [0.4, 0.5) is 5.82 Å². The van der Waals surface area contributed by atoms with Gasteiger partial charge in [-0.05, 0) is 67.3 Å². The number of nitrogens with zero attached hydrogens (tertiary/aromatic N) is 4. The van der Waals surface area contributed by atoms with Crippen LogP contribution in [-0.2, 0) is 6.54 Å². The molecule has 1 aliphatic carbocycles. The van der Waals surface area contributed by atoms with Crippen LogP contribution >= 0.6 is 0 Å². The van der Waals surface area contributed by atoms with Gasteiger partial charge in [-0.25, -0.2) is 15.0 Å². The SMILES string of the molecule is CC1=CCC=Cc2ncnc(N3CCOc4ccc(-c5ccc6nc(C)[nH]c6c5)cc4C3)c21. The van der Waals surface area contributed by atoms with Crippen molar-refractivity contribution in [1.82, 2.24) is 19.9 Å². The predicted octanol–water partition coefficient (Wildman–Crippen LogP) is 5.55. The fraction of sp³-hybridized carbons (Fsp3) is 0.222. The Kier molecular flexibility index (Phi) is 4.72. The molecule has 6 nitrogen and oxygen atoms in total. The van der Waals surface area contributed by atoms with Crippen LogP contribution < -0.4 is 9.64 Å². The molecule has 0 bridgehead atoms. The smallest absolute Gasteiger partial charge is 0.140 e. The van der Waals surface area contributed by atoms with E-state index in [2.05, 4.69) is 81.4 Å². The zero-order chi connectivity index (χ0) is 22.4. The molecule has 6 rings (SSSR count). The van der Waals surface area contributed by atoms with Gasteiger partial charge < -0.3 is 14.6 Å². The minimum Gasteiger partial charge on any atom is -0.491 e. The lowest BCUT2D eigenvalue weighted by atomic mass is 10.0. The maximum atomic E-state index is 6.13. The molecule has 0 amide bonds. The van der Waals surface area contributed by atoms with Crippen LogP contribution in [-0.4, -0.2) is 33.1 Å². The lowest BCUT2D eigenvalue weighted by Crippen LogP contribution is -2.27. The zero-order valence-corrected chi connectivity index (χ0v) is 18.8. The summed E-state index contributed by atoms with van der Waals surface area (Å²) in [6.45, 7) is 6.24. The Bertz CT molecular complexity index is 1430. The number of nitrogens with one attached hydrogen (secondary N) is 1. The first-order chi connectivity index (χ1) is 16.2. The Morgan fingerprint density at radius 1 is 1.03 bits per heavy atom. The van der Waals surface area contributed by atoms with Crippen LogP contribution in [0.3, 0.4) is 0 Å². The molecule has 3 heterocycles. The number of aryl methyl sites for hydroxylation is 1. The molecule has 164 valence electrons. The summed E-state index contributed by atoms with van der Waals surface area (Å²) in [4.78, 5) is 19.4. The first-order valence-corrected chi connectivity index (χ1v) is 11.3. The average molecular weight is 436 g/mol. The van der Waals surface area contributed by atoms with E-state index in [-0.39, 0.29) is 0 Å². The van der Waals surface area contributed by atoms with Crippen molar-refractivity contribution in [2.75, 3.05) is 18.1 Å². The summed E-state index contributed by atoms with van der Waals surface area (Å²) in [6.07, 6.45) is 9.07. The number of imidazole rings is 1. The van der Waals surface area contributed by atoms with E-state index in [0.717, 1.165) is 75.9 Å². The molecule has 0 unspecified atom stereocenters. The molecular weight excluding hydrogens is 410 g/mol. The first kappa shape index (κ1) is 19.7. The molecule has 2 aliphatic rings. The number of allylic oxidation sites excluding steroid dienone is 3. The van der Waals surface area contributed by atoms with Gasteiger partial charge in [-0.3, -0.25) is 0 Å². The highest BCUT2D eigenvalue weighted by Crippen LogP contribution is 2.35. The molecule has 4 aromatic rings. The van der Waals surface area contributed by atoms with Crippen molar-refractivity contribution in [2.45, 2.75) is 26.8 Å². The molecule has 0 saturated carbocycles. The van der Waals surface area contributed by atoms with Crippen molar-refractivity contribution >= 4 is 28.5 Å². The van der Waals surface area contributed by atoms with Crippen molar-refractivity contribution in [3.05, 3.63) is 77.5 Å². The van der Waals surface area contributed by atoms with E-state index in [0.29, 0.717) is 6.61 Å². The molecule has 2 aromatic heterocycles. The number of anilines is 1. The third-order valence-corrected chi connectivity index (χ3v) is 6.36. The van der Waals surface area contributed by atoms with E-state index in [1.165, 1.54) is 5.57 Å². The van der Waals surface area contributed by atoms with Crippen molar-refractivity contribution in [2.24, 2.45) is 0 Å². The number of hydrogen-bond donors (Lipinski definition) is 1. The van der Waals surface area contributed by atoms with Crippen LogP contribution in [0.25, 0.3) is 33.8 Å². The van der Waals surface area contributed by atoms with Crippen molar-refractivity contribution in [1.29, 1.82) is 0 Å². The maximum absolute atomic E-state index is 6.13. The van der Waals surface area contributed by atoms with Gasteiger partial charge in [0.1, 0.15) is 30.3 Å². The molecule has 1 N–H and O–H groups in total. The van der Waals surface area contributed by atoms with Crippen LogP contribution in [0.2, 0.25) is 0 Å². The third kappa shape index (κ3) is 3.57. The van der Waals surface area contributed by atoms with Crippen molar-refractivity contribution in [3.8, 4) is 16.9 Å². The summed E-state index contributed by atoms with van der Waals surface area (Å²) in [5, 5.41) is 0. The van der Waals surface area contributed by atoms with Crippen LogP contribution in [0, 0.1) is 6.92 Å². The monoisotopic (exact) mass is 435 g/mol. The van der Waals surface area contributed by atoms with Gasteiger partial charge in [-0.2, -0.15) is 0 Å². The fourth-order valence-electron chi connectivity index (χ4n) is 4.73. The Morgan fingerprint density at radius 2 is 1.91 bits per heavy atom. The molecule has 1 aliphatic heterocycles. The van der Waals surface area contributed by atoms with E-state index >= 15 is 0 Å². The summed E-state index contributed by atoms with van der Waals surface area (Å²) < 4.78 is 6.13. The number of benzene rings is 2. The Labute approximate surface area is 192 Å². The lowest BCUT2D eigenvalue weighted by molar-refractivity contribution is 0.331. The highest BCUT2D eigenvalue weighted by atomic mass is 16.5. The van der Waals surface area contributed by atoms with Gasteiger partial charge in [0.15, 0.2) is 0 Å². The van der Waals surface area contributed by atoms with Crippen LogP contribution in [0.15, 0.2) is 54.9 Å². The molecular formula is C27H25N5O. The molecule has 6 heteroatoms. The minimum atomic E-state index is 0.614. The second-order valence-corrected chi connectivity index (χ2v) is 8.63. The molecule has 33 heavy (non-hydrogen) atoms. The summed E-state index contributed by atoms with van der Waals surface area (Å²) in [7, 11) is 0. The molecule has 2 aromatic carbocycles. The number of hydrogen-bond acceptors (Lipinski definition) is 5. The summed E-state index contributed by atoms with van der Waals surface area (Å²) in [5.41, 5.74) is 8.83. The van der Waals surface area contributed by atoms with E-state index in [4.69, 9.17) is 9.72 Å².